The average Bonchev–Trinajstić information content (AvgIpc) is 3.05. The molecule has 3 aromatic rings. The van der Waals surface area contributed by atoms with Crippen LogP contribution in [0.5, 0.6) is 5.75 Å². The van der Waals surface area contributed by atoms with Gasteiger partial charge in [-0.3, -0.25) is 9.69 Å². The van der Waals surface area contributed by atoms with E-state index in [1.165, 1.54) is 11.3 Å². The number of nitrogens with zero attached hydrogens (tertiary/aromatic N) is 3. The summed E-state index contributed by atoms with van der Waals surface area (Å²) in [5.74, 6) is 0.487. The van der Waals surface area contributed by atoms with Crippen LogP contribution in [0.4, 0.5) is 5.13 Å². The van der Waals surface area contributed by atoms with Crippen molar-refractivity contribution in [3.8, 4) is 5.75 Å². The molecular formula is C19H21Cl2N3O2S. The summed E-state index contributed by atoms with van der Waals surface area (Å²) >= 11 is 7.38. The van der Waals surface area contributed by atoms with Gasteiger partial charge in [0.05, 0.1) is 10.2 Å². The van der Waals surface area contributed by atoms with Crippen molar-refractivity contribution in [2.45, 2.75) is 0 Å². The van der Waals surface area contributed by atoms with Crippen LogP contribution < -0.4 is 9.64 Å². The van der Waals surface area contributed by atoms with E-state index in [4.69, 9.17) is 16.3 Å². The average molecular weight is 426 g/mol. The zero-order valence-electron chi connectivity index (χ0n) is 15.1. The number of hydrogen-bond donors (Lipinski definition) is 0. The number of hydrogen-bond acceptors (Lipinski definition) is 5. The molecule has 1 aromatic heterocycles. The first-order valence-corrected chi connectivity index (χ1v) is 9.41. The maximum absolute atomic E-state index is 12.8. The van der Waals surface area contributed by atoms with Gasteiger partial charge in [-0.2, -0.15) is 0 Å². The fraction of sp³-hybridized carbons (Fsp3) is 0.263. The van der Waals surface area contributed by atoms with Gasteiger partial charge in [-0.05, 0) is 50.5 Å². The molecule has 27 heavy (non-hydrogen) atoms. The molecule has 0 N–H and O–H groups in total. The Bertz CT molecular complexity index is 851. The molecule has 0 bridgehead atoms. The van der Waals surface area contributed by atoms with Crippen molar-refractivity contribution in [1.82, 2.24) is 9.88 Å². The second-order valence-corrected chi connectivity index (χ2v) is 7.50. The van der Waals surface area contributed by atoms with Gasteiger partial charge in [0.2, 0.25) is 0 Å². The van der Waals surface area contributed by atoms with Crippen molar-refractivity contribution < 1.29 is 9.53 Å². The number of likely N-dealkylation sites (N-methyl/N-ethyl adjacent to an activating group) is 1. The highest BCUT2D eigenvalue weighted by Crippen LogP contribution is 2.28. The van der Waals surface area contributed by atoms with Crippen molar-refractivity contribution in [3.63, 3.8) is 0 Å². The Morgan fingerprint density at radius 3 is 2.48 bits per heavy atom. The molecule has 5 nitrogen and oxygen atoms in total. The summed E-state index contributed by atoms with van der Waals surface area (Å²) < 4.78 is 6.68. The van der Waals surface area contributed by atoms with Crippen LogP contribution in [0.1, 0.15) is 0 Å². The minimum Gasteiger partial charge on any atom is -0.484 e. The van der Waals surface area contributed by atoms with Crippen molar-refractivity contribution in [2.24, 2.45) is 0 Å². The summed E-state index contributed by atoms with van der Waals surface area (Å²) in [6.07, 6.45) is 0. The maximum atomic E-state index is 12.8. The highest BCUT2D eigenvalue weighted by atomic mass is 35.5. The molecule has 0 fully saturated rings. The molecule has 0 atom stereocenters. The van der Waals surface area contributed by atoms with E-state index in [2.05, 4.69) is 4.98 Å². The molecule has 1 heterocycles. The van der Waals surface area contributed by atoms with Gasteiger partial charge in [0.25, 0.3) is 5.91 Å². The Labute approximate surface area is 173 Å². The van der Waals surface area contributed by atoms with Crippen LogP contribution in [-0.2, 0) is 4.79 Å². The lowest BCUT2D eigenvalue weighted by Gasteiger charge is -2.22. The predicted molar refractivity (Wildman–Crippen MR) is 115 cm³/mol. The Morgan fingerprint density at radius 2 is 1.81 bits per heavy atom. The molecule has 3 rings (SSSR count). The largest absolute Gasteiger partial charge is 0.484 e. The first-order chi connectivity index (χ1) is 12.5. The number of rotatable bonds is 7. The minimum absolute atomic E-state index is 0. The number of halogens is 2. The lowest BCUT2D eigenvalue weighted by Crippen LogP contribution is -2.39. The summed E-state index contributed by atoms with van der Waals surface area (Å²) in [4.78, 5) is 21.1. The fourth-order valence-corrected chi connectivity index (χ4v) is 3.49. The molecule has 0 aliphatic heterocycles. The van der Waals surface area contributed by atoms with Gasteiger partial charge in [0.1, 0.15) is 5.75 Å². The quantitative estimate of drug-likeness (QED) is 0.564. The number of benzene rings is 2. The minimum atomic E-state index is -0.124. The lowest BCUT2D eigenvalue weighted by molar-refractivity contribution is -0.120. The summed E-state index contributed by atoms with van der Waals surface area (Å²) in [5.41, 5.74) is 0.897. The summed E-state index contributed by atoms with van der Waals surface area (Å²) in [6, 6.07) is 14.8. The normalized spacial score (nSPS) is 10.7. The maximum Gasteiger partial charge on any atom is 0.266 e. The molecule has 8 heteroatoms. The zero-order chi connectivity index (χ0) is 18.5. The Hall–Kier alpha value is -1.86. The van der Waals surface area contributed by atoms with Crippen molar-refractivity contribution in [1.29, 1.82) is 0 Å². The molecule has 0 aliphatic rings. The number of thiazole rings is 1. The van der Waals surface area contributed by atoms with Crippen LogP contribution in [0.2, 0.25) is 5.02 Å². The van der Waals surface area contributed by atoms with E-state index in [0.717, 1.165) is 16.8 Å². The summed E-state index contributed by atoms with van der Waals surface area (Å²) in [7, 11) is 3.95. The van der Waals surface area contributed by atoms with E-state index < -0.39 is 0 Å². The van der Waals surface area contributed by atoms with Gasteiger partial charge in [-0.1, -0.05) is 35.1 Å². The third-order valence-corrected chi connectivity index (χ3v) is 5.07. The predicted octanol–water partition coefficient (Wildman–Crippen LogP) is 4.35. The third kappa shape index (κ3) is 5.81. The van der Waals surface area contributed by atoms with Crippen LogP contribution in [0, 0.1) is 0 Å². The molecule has 144 valence electrons. The lowest BCUT2D eigenvalue weighted by atomic mass is 10.3. The molecule has 0 aliphatic carbocycles. The number of aromatic nitrogens is 1. The smallest absolute Gasteiger partial charge is 0.266 e. The highest BCUT2D eigenvalue weighted by Gasteiger charge is 2.20. The number of carbonyl (C=O) groups is 1. The molecular weight excluding hydrogens is 405 g/mol. The second-order valence-electron chi connectivity index (χ2n) is 6.06. The highest BCUT2D eigenvalue weighted by molar-refractivity contribution is 7.22. The van der Waals surface area contributed by atoms with Gasteiger partial charge in [-0.25, -0.2) is 4.98 Å². The summed E-state index contributed by atoms with van der Waals surface area (Å²) in [5, 5.41) is 1.32. The molecule has 0 spiro atoms. The second kappa shape index (κ2) is 9.90. The van der Waals surface area contributed by atoms with Crippen molar-refractivity contribution in [2.75, 3.05) is 38.7 Å². The number of anilines is 1. The van der Waals surface area contributed by atoms with E-state index in [1.807, 2.05) is 43.3 Å². The number of fused-ring (bicyclic) bond motifs is 1. The van der Waals surface area contributed by atoms with Gasteiger partial charge < -0.3 is 9.64 Å². The molecule has 1 amide bonds. The molecule has 0 unspecified atom stereocenters. The molecule has 0 saturated carbocycles. The Kier molecular flexibility index (Phi) is 7.86. The SMILES string of the molecule is CN(C)CCN(C(=O)COc1ccc(Cl)cc1)c1nc2ccccc2s1.Cl. The van der Waals surface area contributed by atoms with Gasteiger partial charge in [0.15, 0.2) is 11.7 Å². The van der Waals surface area contributed by atoms with E-state index in [9.17, 15) is 4.79 Å². The van der Waals surface area contributed by atoms with E-state index in [1.54, 1.807) is 29.2 Å². The van der Waals surface area contributed by atoms with Crippen molar-refractivity contribution in [3.05, 3.63) is 53.6 Å². The van der Waals surface area contributed by atoms with Gasteiger partial charge in [-0.15, -0.1) is 12.4 Å². The topological polar surface area (TPSA) is 45.7 Å². The standard InChI is InChI=1S/C19H20ClN3O2S.ClH/c1-22(2)11-12-23(19-21-16-5-3-4-6-17(16)26-19)18(24)13-25-15-9-7-14(20)8-10-15;/h3-10H,11-13H2,1-2H3;1H. The number of ether oxygens (including phenoxy) is 1. The first-order valence-electron chi connectivity index (χ1n) is 8.22. The van der Waals surface area contributed by atoms with Crippen LogP contribution >= 0.6 is 35.3 Å². The summed E-state index contributed by atoms with van der Waals surface area (Å²) in [6.45, 7) is 1.24. The third-order valence-electron chi connectivity index (χ3n) is 3.76. The van der Waals surface area contributed by atoms with Gasteiger partial charge >= 0.3 is 0 Å². The Morgan fingerprint density at radius 1 is 1.11 bits per heavy atom. The van der Waals surface area contributed by atoms with Crippen LogP contribution in [0.15, 0.2) is 48.5 Å². The number of para-hydroxylation sites is 1. The van der Waals surface area contributed by atoms with E-state index >= 15 is 0 Å². The number of amides is 1. The van der Waals surface area contributed by atoms with Crippen LogP contribution in [0.3, 0.4) is 0 Å². The molecule has 0 saturated heterocycles. The van der Waals surface area contributed by atoms with E-state index in [0.29, 0.717) is 22.4 Å². The van der Waals surface area contributed by atoms with Crippen LogP contribution in [0.25, 0.3) is 10.2 Å². The zero-order valence-corrected chi connectivity index (χ0v) is 17.5. The fourth-order valence-electron chi connectivity index (χ4n) is 2.36. The monoisotopic (exact) mass is 425 g/mol. The van der Waals surface area contributed by atoms with Gasteiger partial charge in [0, 0.05) is 18.1 Å². The van der Waals surface area contributed by atoms with Crippen molar-refractivity contribution >= 4 is 56.6 Å². The van der Waals surface area contributed by atoms with E-state index in [-0.39, 0.29) is 24.9 Å². The van der Waals surface area contributed by atoms with Crippen LogP contribution in [-0.4, -0.2) is 49.6 Å². The molecule has 2 aromatic carbocycles. The molecule has 0 radical (unpaired) electrons. The Balaban J connectivity index is 0.00000261. The first kappa shape index (κ1) is 21.4. The number of carbonyl (C=O) groups excluding carboxylic acids is 1.